The molecule has 0 aliphatic heterocycles. The van der Waals surface area contributed by atoms with E-state index in [0.29, 0.717) is 17.2 Å². The van der Waals surface area contributed by atoms with E-state index in [-0.39, 0.29) is 0 Å². The van der Waals surface area contributed by atoms with Crippen LogP contribution in [0.2, 0.25) is 0 Å². The standard InChI is InChI=1S/C21H19NO3/c1-23-14-12-19(24-2)21(20(13-14)25-3)22-17-10-6-4-8-15(17)16-9-5-7-11-18(16)22/h4-13H,1-3H3. The number of aromatic nitrogens is 1. The third kappa shape index (κ3) is 2.30. The summed E-state index contributed by atoms with van der Waals surface area (Å²) in [5.74, 6) is 2.09. The molecule has 4 nitrogen and oxygen atoms in total. The lowest BCUT2D eigenvalue weighted by Crippen LogP contribution is -2.02. The van der Waals surface area contributed by atoms with Crippen LogP contribution in [-0.4, -0.2) is 25.9 Å². The van der Waals surface area contributed by atoms with E-state index >= 15 is 0 Å². The van der Waals surface area contributed by atoms with Crippen molar-refractivity contribution in [3.8, 4) is 22.9 Å². The van der Waals surface area contributed by atoms with Crippen LogP contribution in [0.5, 0.6) is 17.2 Å². The molecule has 0 saturated carbocycles. The van der Waals surface area contributed by atoms with Gasteiger partial charge in [-0.3, -0.25) is 0 Å². The summed E-state index contributed by atoms with van der Waals surface area (Å²) in [6.45, 7) is 0. The molecule has 4 rings (SSSR count). The fourth-order valence-electron chi connectivity index (χ4n) is 3.37. The second-order valence-corrected chi connectivity index (χ2v) is 5.75. The van der Waals surface area contributed by atoms with Crippen LogP contribution < -0.4 is 14.2 Å². The second-order valence-electron chi connectivity index (χ2n) is 5.75. The zero-order valence-electron chi connectivity index (χ0n) is 14.4. The topological polar surface area (TPSA) is 32.6 Å². The summed E-state index contributed by atoms with van der Waals surface area (Å²) in [4.78, 5) is 0. The van der Waals surface area contributed by atoms with Crippen molar-refractivity contribution in [2.24, 2.45) is 0 Å². The van der Waals surface area contributed by atoms with Gasteiger partial charge in [-0.05, 0) is 12.1 Å². The molecule has 0 amide bonds. The zero-order valence-corrected chi connectivity index (χ0v) is 14.4. The Morgan fingerprint density at radius 1 is 0.640 bits per heavy atom. The van der Waals surface area contributed by atoms with Crippen molar-refractivity contribution in [2.45, 2.75) is 0 Å². The monoisotopic (exact) mass is 333 g/mol. The Labute approximate surface area is 146 Å². The SMILES string of the molecule is COc1cc(OC)c(-n2c3ccccc3c3ccccc32)c(OC)c1. The van der Waals surface area contributed by atoms with Gasteiger partial charge in [0.25, 0.3) is 0 Å². The Hall–Kier alpha value is -3.14. The van der Waals surface area contributed by atoms with Gasteiger partial charge >= 0.3 is 0 Å². The van der Waals surface area contributed by atoms with Crippen molar-refractivity contribution in [1.82, 2.24) is 4.57 Å². The Balaban J connectivity index is 2.18. The van der Waals surface area contributed by atoms with Crippen molar-refractivity contribution >= 4 is 21.8 Å². The first kappa shape index (κ1) is 15.4. The van der Waals surface area contributed by atoms with E-state index in [1.165, 1.54) is 10.8 Å². The van der Waals surface area contributed by atoms with E-state index in [1.54, 1.807) is 21.3 Å². The Bertz CT molecular complexity index is 987. The van der Waals surface area contributed by atoms with Crippen LogP contribution in [-0.2, 0) is 0 Å². The Morgan fingerprint density at radius 3 is 1.56 bits per heavy atom. The van der Waals surface area contributed by atoms with Crippen LogP contribution >= 0.6 is 0 Å². The largest absolute Gasteiger partial charge is 0.496 e. The van der Waals surface area contributed by atoms with Crippen molar-refractivity contribution in [2.75, 3.05) is 21.3 Å². The highest BCUT2D eigenvalue weighted by atomic mass is 16.5. The highest BCUT2D eigenvalue weighted by molar-refractivity contribution is 6.09. The fourth-order valence-corrected chi connectivity index (χ4v) is 3.37. The first-order chi connectivity index (χ1) is 12.3. The molecule has 0 aliphatic rings. The summed E-state index contributed by atoms with van der Waals surface area (Å²) in [6, 6.07) is 20.4. The first-order valence-electron chi connectivity index (χ1n) is 8.07. The van der Waals surface area contributed by atoms with Crippen LogP contribution in [0.4, 0.5) is 0 Å². The Morgan fingerprint density at radius 2 is 1.12 bits per heavy atom. The van der Waals surface area contributed by atoms with Gasteiger partial charge in [0, 0.05) is 22.9 Å². The predicted octanol–water partition coefficient (Wildman–Crippen LogP) is 4.81. The molecule has 0 aliphatic carbocycles. The summed E-state index contributed by atoms with van der Waals surface area (Å²) in [5.41, 5.74) is 3.07. The maximum Gasteiger partial charge on any atom is 0.150 e. The second kappa shape index (κ2) is 6.06. The molecule has 0 spiro atoms. The molecule has 0 saturated heterocycles. The van der Waals surface area contributed by atoms with Gasteiger partial charge in [0.1, 0.15) is 22.9 Å². The molecular formula is C21H19NO3. The number of benzene rings is 3. The quantitative estimate of drug-likeness (QED) is 0.537. The van der Waals surface area contributed by atoms with Gasteiger partial charge < -0.3 is 18.8 Å². The number of hydrogen-bond acceptors (Lipinski definition) is 3. The molecule has 0 unspecified atom stereocenters. The van der Waals surface area contributed by atoms with Crippen LogP contribution in [0, 0.1) is 0 Å². The van der Waals surface area contributed by atoms with E-state index in [9.17, 15) is 0 Å². The smallest absolute Gasteiger partial charge is 0.150 e. The highest BCUT2D eigenvalue weighted by Crippen LogP contribution is 2.42. The highest BCUT2D eigenvalue weighted by Gasteiger charge is 2.20. The number of para-hydroxylation sites is 2. The summed E-state index contributed by atoms with van der Waals surface area (Å²) in [7, 11) is 4.95. The number of rotatable bonds is 4. The molecule has 0 atom stereocenters. The third-order valence-corrected chi connectivity index (χ3v) is 4.49. The maximum atomic E-state index is 5.67. The van der Waals surface area contributed by atoms with E-state index in [1.807, 2.05) is 24.3 Å². The van der Waals surface area contributed by atoms with Gasteiger partial charge in [-0.1, -0.05) is 36.4 Å². The lowest BCUT2D eigenvalue weighted by Gasteiger charge is -2.17. The molecule has 0 fully saturated rings. The number of fused-ring (bicyclic) bond motifs is 3. The minimum absolute atomic E-state index is 0.693. The minimum atomic E-state index is 0.693. The summed E-state index contributed by atoms with van der Waals surface area (Å²) in [6.07, 6.45) is 0. The minimum Gasteiger partial charge on any atom is -0.496 e. The molecule has 0 bridgehead atoms. The van der Waals surface area contributed by atoms with Gasteiger partial charge in [0.05, 0.1) is 32.4 Å². The fraction of sp³-hybridized carbons (Fsp3) is 0.143. The van der Waals surface area contributed by atoms with Gasteiger partial charge in [-0.15, -0.1) is 0 Å². The van der Waals surface area contributed by atoms with Crippen molar-refractivity contribution in [3.05, 3.63) is 60.7 Å². The summed E-state index contributed by atoms with van der Waals surface area (Å²) < 4.78 is 18.9. The van der Waals surface area contributed by atoms with Crippen LogP contribution in [0.1, 0.15) is 0 Å². The Kier molecular flexibility index (Phi) is 3.73. The molecular weight excluding hydrogens is 314 g/mol. The third-order valence-electron chi connectivity index (χ3n) is 4.49. The normalized spacial score (nSPS) is 11.0. The van der Waals surface area contributed by atoms with Crippen LogP contribution in [0.15, 0.2) is 60.7 Å². The molecule has 25 heavy (non-hydrogen) atoms. The molecule has 0 N–H and O–H groups in total. The van der Waals surface area contributed by atoms with E-state index in [0.717, 1.165) is 16.7 Å². The van der Waals surface area contributed by atoms with Crippen molar-refractivity contribution < 1.29 is 14.2 Å². The lowest BCUT2D eigenvalue weighted by atomic mass is 10.2. The first-order valence-corrected chi connectivity index (χ1v) is 8.07. The van der Waals surface area contributed by atoms with Crippen molar-refractivity contribution in [3.63, 3.8) is 0 Å². The average Bonchev–Trinajstić information content (AvgIpc) is 3.01. The van der Waals surface area contributed by atoms with Gasteiger partial charge in [-0.2, -0.15) is 0 Å². The molecule has 4 heteroatoms. The van der Waals surface area contributed by atoms with Crippen LogP contribution in [0.25, 0.3) is 27.5 Å². The number of hydrogen-bond donors (Lipinski definition) is 0. The molecule has 1 heterocycles. The summed E-state index contributed by atoms with van der Waals surface area (Å²) >= 11 is 0. The van der Waals surface area contributed by atoms with E-state index in [2.05, 4.69) is 41.0 Å². The number of methoxy groups -OCH3 is 3. The number of nitrogens with zero attached hydrogens (tertiary/aromatic N) is 1. The molecule has 4 aromatic rings. The number of ether oxygens (including phenoxy) is 3. The van der Waals surface area contributed by atoms with Crippen molar-refractivity contribution in [1.29, 1.82) is 0 Å². The van der Waals surface area contributed by atoms with Gasteiger partial charge in [-0.25, -0.2) is 0 Å². The average molecular weight is 333 g/mol. The molecule has 1 aromatic heterocycles. The summed E-state index contributed by atoms with van der Waals surface area (Å²) in [5, 5.41) is 2.39. The van der Waals surface area contributed by atoms with Crippen LogP contribution in [0.3, 0.4) is 0 Å². The van der Waals surface area contributed by atoms with E-state index < -0.39 is 0 Å². The molecule has 3 aromatic carbocycles. The van der Waals surface area contributed by atoms with E-state index in [4.69, 9.17) is 14.2 Å². The molecule has 0 radical (unpaired) electrons. The zero-order chi connectivity index (χ0) is 17.4. The lowest BCUT2D eigenvalue weighted by molar-refractivity contribution is 0.374. The van der Waals surface area contributed by atoms with Gasteiger partial charge in [0.15, 0.2) is 0 Å². The maximum absolute atomic E-state index is 5.67. The van der Waals surface area contributed by atoms with Gasteiger partial charge in [0.2, 0.25) is 0 Å². The molecule has 126 valence electrons. The predicted molar refractivity (Wildman–Crippen MR) is 100 cm³/mol.